The van der Waals surface area contributed by atoms with E-state index in [1.807, 2.05) is 12.4 Å². The SMILES string of the molecule is C(#Cc1ccc(-c2cnc([C@@H]3C[C@H]4C[C@H]4N3)[nH]2)cc1)c1ccc(-c2cnc(C3C[C@@H]4C[C@@H]4C3)[nH]2)cc1. The molecule has 4 aromatic rings. The molecule has 4 aliphatic rings. The van der Waals surface area contributed by atoms with Gasteiger partial charge in [0.2, 0.25) is 0 Å². The second-order valence-electron chi connectivity index (χ2n) is 11.3. The Morgan fingerprint density at radius 3 is 1.78 bits per heavy atom. The predicted octanol–water partition coefficient (Wildman–Crippen LogP) is 5.80. The summed E-state index contributed by atoms with van der Waals surface area (Å²) in [4.78, 5) is 16.4. The molecule has 0 spiro atoms. The Bertz CT molecular complexity index is 1350. The zero-order valence-electron chi connectivity index (χ0n) is 20.2. The van der Waals surface area contributed by atoms with E-state index >= 15 is 0 Å². The molecule has 178 valence electrons. The Hall–Kier alpha value is -3.62. The lowest BCUT2D eigenvalue weighted by Gasteiger charge is -2.09. The maximum Gasteiger partial charge on any atom is 0.123 e. The Kier molecular flexibility index (Phi) is 4.54. The number of aromatic amines is 2. The predicted molar refractivity (Wildman–Crippen MR) is 140 cm³/mol. The summed E-state index contributed by atoms with van der Waals surface area (Å²) < 4.78 is 0. The van der Waals surface area contributed by atoms with E-state index in [0.29, 0.717) is 12.0 Å². The third kappa shape index (κ3) is 3.77. The fourth-order valence-corrected chi connectivity index (χ4v) is 6.43. The van der Waals surface area contributed by atoms with Gasteiger partial charge in [-0.3, -0.25) is 0 Å². The number of aromatic nitrogens is 4. The summed E-state index contributed by atoms with van der Waals surface area (Å²) in [6.07, 6.45) is 10.5. The van der Waals surface area contributed by atoms with E-state index < -0.39 is 0 Å². The van der Waals surface area contributed by atoms with Gasteiger partial charge in [-0.1, -0.05) is 36.1 Å². The molecule has 3 aliphatic carbocycles. The summed E-state index contributed by atoms with van der Waals surface area (Å²) in [5, 5.41) is 3.66. The minimum Gasteiger partial charge on any atom is -0.342 e. The van der Waals surface area contributed by atoms with Crippen molar-refractivity contribution in [2.24, 2.45) is 17.8 Å². The van der Waals surface area contributed by atoms with Gasteiger partial charge in [0.05, 0.1) is 29.8 Å². The van der Waals surface area contributed by atoms with Crippen molar-refractivity contribution < 1.29 is 0 Å². The minimum atomic E-state index is 0.382. The van der Waals surface area contributed by atoms with Crippen LogP contribution in [0.1, 0.15) is 66.8 Å². The van der Waals surface area contributed by atoms with Crippen LogP contribution in [0.2, 0.25) is 0 Å². The standard InChI is InChI=1S/C31H29N5/c1(18-3-7-20(8-4-18)28-16-32-30(35-28)25-12-22-11-23(22)13-25)2-19-5-9-21(10-6-19)29-17-33-31(36-29)27-15-24-14-26(24)34-27/h3-10,16-17,22-27,34H,11-15H2,(H,32,35)(H,33,36)/t22-,23+,24-,25?,26-,27+/m1/s1. The fraction of sp³-hybridized carbons (Fsp3) is 0.355. The molecular weight excluding hydrogens is 442 g/mol. The lowest BCUT2D eigenvalue weighted by Crippen LogP contribution is -2.18. The first-order valence-electron chi connectivity index (χ1n) is 13.3. The topological polar surface area (TPSA) is 69.4 Å². The summed E-state index contributed by atoms with van der Waals surface area (Å²) >= 11 is 0. The van der Waals surface area contributed by atoms with Crippen LogP contribution in [-0.4, -0.2) is 26.0 Å². The molecule has 0 amide bonds. The first-order valence-corrected chi connectivity index (χ1v) is 13.3. The van der Waals surface area contributed by atoms with Crippen molar-refractivity contribution in [1.82, 2.24) is 25.3 Å². The molecule has 1 unspecified atom stereocenters. The van der Waals surface area contributed by atoms with Crippen LogP contribution in [-0.2, 0) is 0 Å². The van der Waals surface area contributed by atoms with Gasteiger partial charge in [0.25, 0.3) is 0 Å². The Morgan fingerprint density at radius 2 is 1.19 bits per heavy atom. The van der Waals surface area contributed by atoms with E-state index in [4.69, 9.17) is 4.98 Å². The lowest BCUT2D eigenvalue weighted by molar-refractivity contribution is 0.543. The maximum atomic E-state index is 4.69. The molecule has 3 saturated carbocycles. The van der Waals surface area contributed by atoms with Crippen LogP contribution in [0.4, 0.5) is 0 Å². The van der Waals surface area contributed by atoms with Crippen molar-refractivity contribution in [3.05, 3.63) is 83.7 Å². The lowest BCUT2D eigenvalue weighted by atomic mass is 10.0. The van der Waals surface area contributed by atoms with E-state index in [0.717, 1.165) is 63.3 Å². The first-order chi connectivity index (χ1) is 17.7. The molecule has 8 rings (SSSR count). The van der Waals surface area contributed by atoms with Crippen LogP contribution in [0, 0.1) is 29.6 Å². The molecule has 3 N–H and O–H groups in total. The largest absolute Gasteiger partial charge is 0.342 e. The molecule has 3 heterocycles. The Morgan fingerprint density at radius 1 is 0.611 bits per heavy atom. The summed E-state index contributed by atoms with van der Waals surface area (Å²) in [6, 6.07) is 18.0. The van der Waals surface area contributed by atoms with Gasteiger partial charge < -0.3 is 15.3 Å². The van der Waals surface area contributed by atoms with Crippen LogP contribution in [0.3, 0.4) is 0 Å². The van der Waals surface area contributed by atoms with Gasteiger partial charge in [-0.05, 0) is 85.3 Å². The molecule has 0 radical (unpaired) electrons. The van der Waals surface area contributed by atoms with Crippen molar-refractivity contribution in [3.63, 3.8) is 0 Å². The van der Waals surface area contributed by atoms with E-state index in [2.05, 4.69) is 80.6 Å². The number of hydrogen-bond acceptors (Lipinski definition) is 3. The zero-order valence-corrected chi connectivity index (χ0v) is 20.2. The molecule has 2 aromatic carbocycles. The molecule has 6 atom stereocenters. The smallest absolute Gasteiger partial charge is 0.123 e. The molecule has 36 heavy (non-hydrogen) atoms. The van der Waals surface area contributed by atoms with Crippen molar-refractivity contribution in [1.29, 1.82) is 0 Å². The second kappa shape index (κ2) is 7.94. The molecular formula is C31H29N5. The van der Waals surface area contributed by atoms with Gasteiger partial charge in [-0.2, -0.15) is 0 Å². The fourth-order valence-electron chi connectivity index (χ4n) is 6.43. The quantitative estimate of drug-likeness (QED) is 0.329. The summed E-state index contributed by atoms with van der Waals surface area (Å²) in [5.74, 6) is 12.3. The minimum absolute atomic E-state index is 0.382. The van der Waals surface area contributed by atoms with Crippen molar-refractivity contribution in [3.8, 4) is 34.4 Å². The molecule has 4 fully saturated rings. The van der Waals surface area contributed by atoms with E-state index in [-0.39, 0.29) is 0 Å². The van der Waals surface area contributed by atoms with Crippen molar-refractivity contribution in [2.75, 3.05) is 0 Å². The highest BCUT2D eigenvalue weighted by Gasteiger charge is 2.47. The molecule has 5 nitrogen and oxygen atoms in total. The maximum absolute atomic E-state index is 4.69. The van der Waals surface area contributed by atoms with Gasteiger partial charge in [-0.15, -0.1) is 0 Å². The summed E-state index contributed by atoms with van der Waals surface area (Å²) in [7, 11) is 0. The van der Waals surface area contributed by atoms with Crippen molar-refractivity contribution in [2.45, 2.75) is 50.1 Å². The van der Waals surface area contributed by atoms with Crippen LogP contribution < -0.4 is 5.32 Å². The number of hydrogen-bond donors (Lipinski definition) is 3. The highest BCUT2D eigenvalue weighted by atomic mass is 15.1. The first kappa shape index (κ1) is 20.6. The van der Waals surface area contributed by atoms with Crippen molar-refractivity contribution >= 4 is 0 Å². The van der Waals surface area contributed by atoms with Crippen LogP contribution in [0.5, 0.6) is 0 Å². The zero-order chi connectivity index (χ0) is 23.6. The van der Waals surface area contributed by atoms with Gasteiger partial charge in [0.15, 0.2) is 0 Å². The van der Waals surface area contributed by atoms with E-state index in [9.17, 15) is 0 Å². The van der Waals surface area contributed by atoms with E-state index in [1.165, 1.54) is 37.9 Å². The number of rotatable bonds is 4. The number of nitrogens with one attached hydrogen (secondary N) is 3. The highest BCUT2D eigenvalue weighted by molar-refractivity contribution is 5.62. The number of fused-ring (bicyclic) bond motifs is 2. The van der Waals surface area contributed by atoms with E-state index in [1.54, 1.807) is 0 Å². The van der Waals surface area contributed by atoms with Gasteiger partial charge >= 0.3 is 0 Å². The molecule has 5 heteroatoms. The van der Waals surface area contributed by atoms with Crippen LogP contribution in [0.25, 0.3) is 22.5 Å². The summed E-state index contributed by atoms with van der Waals surface area (Å²) in [5.41, 5.74) is 6.49. The van der Waals surface area contributed by atoms with Gasteiger partial charge in [0, 0.05) is 23.1 Å². The number of benzene rings is 2. The molecule has 0 bridgehead atoms. The highest BCUT2D eigenvalue weighted by Crippen LogP contribution is 2.57. The third-order valence-electron chi connectivity index (χ3n) is 8.77. The molecule has 1 aliphatic heterocycles. The molecule has 1 saturated heterocycles. The number of piperidine rings is 1. The monoisotopic (exact) mass is 471 g/mol. The third-order valence-corrected chi connectivity index (χ3v) is 8.77. The average molecular weight is 472 g/mol. The Labute approximate surface area is 211 Å². The normalized spacial score (nSPS) is 29.3. The van der Waals surface area contributed by atoms with Crippen LogP contribution in [0.15, 0.2) is 60.9 Å². The summed E-state index contributed by atoms with van der Waals surface area (Å²) in [6.45, 7) is 0. The van der Waals surface area contributed by atoms with Crippen LogP contribution >= 0.6 is 0 Å². The molecule has 2 aromatic heterocycles. The average Bonchev–Trinajstić information content (AvgIpc) is 3.48. The number of H-pyrrole nitrogens is 2. The number of imidazole rings is 2. The second-order valence-corrected chi connectivity index (χ2v) is 11.3. The number of nitrogens with zero attached hydrogens (tertiary/aromatic N) is 2. The Balaban J connectivity index is 0.928. The van der Waals surface area contributed by atoms with Gasteiger partial charge in [-0.25, -0.2) is 9.97 Å². The van der Waals surface area contributed by atoms with Gasteiger partial charge in [0.1, 0.15) is 11.6 Å².